The van der Waals surface area contributed by atoms with Gasteiger partial charge < -0.3 is 15.1 Å². The number of rotatable bonds is 7. The van der Waals surface area contributed by atoms with Crippen molar-refractivity contribution in [3.05, 3.63) is 66.1 Å². The van der Waals surface area contributed by atoms with Crippen LogP contribution in [0.3, 0.4) is 0 Å². The minimum atomic E-state index is -3.86. The summed E-state index contributed by atoms with van der Waals surface area (Å²) in [4.78, 5) is 23.7. The quantitative estimate of drug-likeness (QED) is 0.554. The predicted octanol–water partition coefficient (Wildman–Crippen LogP) is 1.83. The number of furan rings is 1. The molecule has 1 aromatic carbocycles. The van der Waals surface area contributed by atoms with Gasteiger partial charge in [-0.2, -0.15) is 0 Å². The molecule has 27 heavy (non-hydrogen) atoms. The lowest BCUT2D eigenvalue weighted by molar-refractivity contribution is -0.139. The van der Waals surface area contributed by atoms with E-state index in [0.29, 0.717) is 0 Å². The summed E-state index contributed by atoms with van der Waals surface area (Å²) >= 11 is 0. The molecule has 1 heterocycles. The van der Waals surface area contributed by atoms with Gasteiger partial charge in [-0.05, 0) is 49.2 Å². The molecule has 0 saturated carbocycles. The van der Waals surface area contributed by atoms with E-state index in [1.54, 1.807) is 18.2 Å². The van der Waals surface area contributed by atoms with E-state index < -0.39 is 26.9 Å². The maximum absolute atomic E-state index is 13.1. The van der Waals surface area contributed by atoms with E-state index in [1.807, 2.05) is 13.8 Å². The van der Waals surface area contributed by atoms with Gasteiger partial charge in [0.15, 0.2) is 9.84 Å². The number of nitrogens with one attached hydrogen (secondary N) is 2. The Morgan fingerprint density at radius 1 is 1.15 bits per heavy atom. The van der Waals surface area contributed by atoms with Gasteiger partial charge in [0.2, 0.25) is 0 Å². The molecule has 144 valence electrons. The molecule has 0 fully saturated rings. The van der Waals surface area contributed by atoms with Crippen molar-refractivity contribution in [1.29, 1.82) is 0 Å². The summed E-state index contributed by atoms with van der Waals surface area (Å²) in [7, 11) is -3.86. The summed E-state index contributed by atoms with van der Waals surface area (Å²) in [5, 5.41) is 3.53. The summed E-state index contributed by atoms with van der Waals surface area (Å²) in [6.07, 6.45) is 2.79. The molecule has 1 atom stereocenters. The van der Waals surface area contributed by atoms with Crippen LogP contribution in [0, 0.1) is 13.8 Å². The van der Waals surface area contributed by atoms with Crippen LogP contribution in [0.15, 0.2) is 58.6 Å². The first-order valence-electron chi connectivity index (χ1n) is 8.29. The first-order valence-corrected chi connectivity index (χ1v) is 9.83. The summed E-state index contributed by atoms with van der Waals surface area (Å²) in [6, 6.07) is 7.91. The van der Waals surface area contributed by atoms with Gasteiger partial charge in [-0.1, -0.05) is 12.1 Å². The van der Waals surface area contributed by atoms with Crippen molar-refractivity contribution in [2.45, 2.75) is 24.0 Å². The van der Waals surface area contributed by atoms with Crippen molar-refractivity contribution in [3.8, 4) is 0 Å². The lowest BCUT2D eigenvalue weighted by Crippen LogP contribution is -2.42. The molecular formula is C19H22N2O5S. The van der Waals surface area contributed by atoms with Crippen LogP contribution in [-0.4, -0.2) is 33.3 Å². The number of carbonyl (C=O) groups excluding carboxylic acids is 2. The Balaban J connectivity index is 2.27. The van der Waals surface area contributed by atoms with Gasteiger partial charge in [-0.15, -0.1) is 6.58 Å². The van der Waals surface area contributed by atoms with Crippen molar-refractivity contribution < 1.29 is 22.4 Å². The zero-order valence-electron chi connectivity index (χ0n) is 15.2. The van der Waals surface area contributed by atoms with E-state index in [4.69, 9.17) is 4.42 Å². The number of aryl methyl sites for hydroxylation is 2. The molecule has 2 N–H and O–H groups in total. The Kier molecular flexibility index (Phi) is 6.57. The molecule has 0 unspecified atom stereocenters. The lowest BCUT2D eigenvalue weighted by atomic mass is 10.1. The zero-order valence-corrected chi connectivity index (χ0v) is 16.0. The molecule has 0 bridgehead atoms. The summed E-state index contributed by atoms with van der Waals surface area (Å²) in [5.41, 5.74) is 1.80. The molecular weight excluding hydrogens is 368 g/mol. The molecule has 0 saturated heterocycles. The fourth-order valence-electron chi connectivity index (χ4n) is 2.40. The van der Waals surface area contributed by atoms with Crippen LogP contribution in [-0.2, 0) is 19.4 Å². The SMILES string of the molecule is C=CCNC(=O)C(=O)NC[C@H](c1ccco1)S(=O)(=O)c1ccc(C)c(C)c1. The summed E-state index contributed by atoms with van der Waals surface area (Å²) in [5.74, 6) is -1.61. The van der Waals surface area contributed by atoms with Crippen LogP contribution >= 0.6 is 0 Å². The van der Waals surface area contributed by atoms with Gasteiger partial charge in [-0.3, -0.25) is 9.59 Å². The minimum absolute atomic E-state index is 0.123. The van der Waals surface area contributed by atoms with Crippen LogP contribution in [0.2, 0.25) is 0 Å². The van der Waals surface area contributed by atoms with Crippen LogP contribution in [0.4, 0.5) is 0 Å². The molecule has 2 aromatic rings. The third-order valence-electron chi connectivity index (χ3n) is 4.10. The highest BCUT2D eigenvalue weighted by Gasteiger charge is 2.32. The van der Waals surface area contributed by atoms with Gasteiger partial charge >= 0.3 is 11.8 Å². The monoisotopic (exact) mass is 390 g/mol. The molecule has 1 aromatic heterocycles. The Morgan fingerprint density at radius 2 is 1.85 bits per heavy atom. The third-order valence-corrected chi connectivity index (χ3v) is 6.16. The number of carbonyl (C=O) groups is 2. The molecule has 0 aliphatic carbocycles. The molecule has 0 radical (unpaired) electrons. The van der Waals surface area contributed by atoms with E-state index in [1.165, 1.54) is 24.5 Å². The van der Waals surface area contributed by atoms with E-state index >= 15 is 0 Å². The highest BCUT2D eigenvalue weighted by atomic mass is 32.2. The third kappa shape index (κ3) is 4.85. The molecule has 2 rings (SSSR count). The van der Waals surface area contributed by atoms with E-state index in [2.05, 4.69) is 17.2 Å². The summed E-state index contributed by atoms with van der Waals surface area (Å²) in [6.45, 7) is 6.98. The maximum Gasteiger partial charge on any atom is 0.309 e. The number of amides is 2. The van der Waals surface area contributed by atoms with Crippen molar-refractivity contribution in [3.63, 3.8) is 0 Å². The molecule has 2 amide bonds. The van der Waals surface area contributed by atoms with Crippen LogP contribution in [0.5, 0.6) is 0 Å². The second-order valence-corrected chi connectivity index (χ2v) is 8.13. The molecule has 7 nitrogen and oxygen atoms in total. The second kappa shape index (κ2) is 8.68. The molecule has 0 aliphatic rings. The normalized spacial score (nSPS) is 12.2. The molecule has 8 heteroatoms. The molecule has 0 aliphatic heterocycles. The van der Waals surface area contributed by atoms with E-state index in [-0.39, 0.29) is 23.7 Å². The highest BCUT2D eigenvalue weighted by Crippen LogP contribution is 2.29. The average Bonchev–Trinajstić information content (AvgIpc) is 3.15. The van der Waals surface area contributed by atoms with Gasteiger partial charge in [0.25, 0.3) is 0 Å². The number of hydrogen-bond donors (Lipinski definition) is 2. The standard InChI is InChI=1S/C19H22N2O5S/c1-4-9-20-18(22)19(23)21-12-17(16-6-5-10-26-16)27(24,25)15-8-7-13(2)14(3)11-15/h4-8,10-11,17H,1,9,12H2,2-3H3,(H,20,22)(H,21,23)/t17-/m1/s1. The Bertz CT molecular complexity index is 933. The Morgan fingerprint density at radius 3 is 2.44 bits per heavy atom. The summed E-state index contributed by atoms with van der Waals surface area (Å²) < 4.78 is 31.5. The number of sulfone groups is 1. The fourth-order valence-corrected chi connectivity index (χ4v) is 4.07. The fraction of sp³-hybridized carbons (Fsp3) is 0.263. The largest absolute Gasteiger partial charge is 0.468 e. The zero-order chi connectivity index (χ0) is 20.0. The smallest absolute Gasteiger partial charge is 0.309 e. The first-order chi connectivity index (χ1) is 12.8. The highest BCUT2D eigenvalue weighted by molar-refractivity contribution is 7.91. The van der Waals surface area contributed by atoms with Crippen molar-refractivity contribution in [2.75, 3.05) is 13.1 Å². The van der Waals surface area contributed by atoms with Crippen molar-refractivity contribution >= 4 is 21.7 Å². The second-order valence-electron chi connectivity index (χ2n) is 6.00. The number of hydrogen-bond acceptors (Lipinski definition) is 5. The van der Waals surface area contributed by atoms with Gasteiger partial charge in [0, 0.05) is 13.1 Å². The van der Waals surface area contributed by atoms with E-state index in [0.717, 1.165) is 11.1 Å². The van der Waals surface area contributed by atoms with Gasteiger partial charge in [-0.25, -0.2) is 8.42 Å². The molecule has 0 spiro atoms. The first kappa shape index (κ1) is 20.4. The number of benzene rings is 1. The lowest BCUT2D eigenvalue weighted by Gasteiger charge is -2.17. The van der Waals surface area contributed by atoms with E-state index in [9.17, 15) is 18.0 Å². The topological polar surface area (TPSA) is 105 Å². The predicted molar refractivity (Wildman–Crippen MR) is 101 cm³/mol. The maximum atomic E-state index is 13.1. The minimum Gasteiger partial charge on any atom is -0.468 e. The van der Waals surface area contributed by atoms with Gasteiger partial charge in [0.1, 0.15) is 11.0 Å². The van der Waals surface area contributed by atoms with Crippen LogP contribution < -0.4 is 10.6 Å². The van der Waals surface area contributed by atoms with Crippen molar-refractivity contribution in [2.24, 2.45) is 0 Å². The Labute approximate surface area is 158 Å². The van der Waals surface area contributed by atoms with Gasteiger partial charge in [0.05, 0.1) is 11.2 Å². The average molecular weight is 390 g/mol. The van der Waals surface area contributed by atoms with Crippen molar-refractivity contribution in [1.82, 2.24) is 10.6 Å². The van der Waals surface area contributed by atoms with Crippen LogP contribution in [0.1, 0.15) is 22.1 Å². The Hall–Kier alpha value is -2.87. The van der Waals surface area contributed by atoms with Crippen LogP contribution in [0.25, 0.3) is 0 Å².